The topological polar surface area (TPSA) is 54.7 Å². The SMILES string of the molecule is CNCC1CCN(C(=O)c2ccc(Oc3ccccc3)o2)C1.Cl. The number of hydrogen-bond donors (Lipinski definition) is 1. The molecule has 3 rings (SSSR count). The Hall–Kier alpha value is -1.98. The molecule has 1 aromatic heterocycles. The van der Waals surface area contributed by atoms with Crippen LogP contribution in [0.5, 0.6) is 11.7 Å². The number of rotatable bonds is 5. The van der Waals surface area contributed by atoms with Crippen molar-refractivity contribution in [1.29, 1.82) is 0 Å². The summed E-state index contributed by atoms with van der Waals surface area (Å²) >= 11 is 0. The highest BCUT2D eigenvalue weighted by molar-refractivity contribution is 5.91. The molecule has 0 saturated carbocycles. The molecule has 6 heteroatoms. The Kier molecular flexibility index (Phi) is 6.07. The van der Waals surface area contributed by atoms with Crippen LogP contribution in [0, 0.1) is 5.92 Å². The van der Waals surface area contributed by atoms with Gasteiger partial charge in [0, 0.05) is 19.2 Å². The minimum atomic E-state index is -0.0680. The molecule has 1 aliphatic heterocycles. The molecule has 1 atom stereocenters. The van der Waals surface area contributed by atoms with Gasteiger partial charge in [-0.2, -0.15) is 0 Å². The van der Waals surface area contributed by atoms with E-state index in [2.05, 4.69) is 5.32 Å². The van der Waals surface area contributed by atoms with Crippen molar-refractivity contribution < 1.29 is 13.9 Å². The summed E-state index contributed by atoms with van der Waals surface area (Å²) in [6.45, 7) is 2.49. The third-order valence-corrected chi connectivity index (χ3v) is 3.82. The van der Waals surface area contributed by atoms with E-state index in [1.165, 1.54) is 0 Å². The van der Waals surface area contributed by atoms with Crippen LogP contribution in [0.3, 0.4) is 0 Å². The number of nitrogens with zero attached hydrogens (tertiary/aromatic N) is 1. The van der Waals surface area contributed by atoms with Gasteiger partial charge in [-0.15, -0.1) is 12.4 Å². The second-order valence-electron chi connectivity index (χ2n) is 5.50. The highest BCUT2D eigenvalue weighted by Crippen LogP contribution is 2.25. The van der Waals surface area contributed by atoms with Crippen LogP contribution in [0.4, 0.5) is 0 Å². The molecule has 0 aliphatic carbocycles. The van der Waals surface area contributed by atoms with Gasteiger partial charge in [0.15, 0.2) is 5.76 Å². The summed E-state index contributed by atoms with van der Waals surface area (Å²) < 4.78 is 11.1. The minimum Gasteiger partial charge on any atom is -0.426 e. The Labute approximate surface area is 142 Å². The van der Waals surface area contributed by atoms with Crippen molar-refractivity contribution in [3.63, 3.8) is 0 Å². The zero-order valence-electron chi connectivity index (χ0n) is 13.0. The zero-order chi connectivity index (χ0) is 15.4. The molecule has 1 aliphatic rings. The van der Waals surface area contributed by atoms with Gasteiger partial charge >= 0.3 is 0 Å². The quantitative estimate of drug-likeness (QED) is 0.911. The van der Waals surface area contributed by atoms with Gasteiger partial charge in [-0.3, -0.25) is 4.79 Å². The summed E-state index contributed by atoms with van der Waals surface area (Å²) in [5, 5.41) is 3.16. The average Bonchev–Trinajstić information content (AvgIpc) is 3.18. The van der Waals surface area contributed by atoms with Crippen molar-refractivity contribution in [2.75, 3.05) is 26.7 Å². The maximum Gasteiger partial charge on any atom is 0.290 e. The van der Waals surface area contributed by atoms with Crippen LogP contribution in [0.1, 0.15) is 17.0 Å². The van der Waals surface area contributed by atoms with Crippen molar-refractivity contribution in [2.45, 2.75) is 6.42 Å². The second-order valence-corrected chi connectivity index (χ2v) is 5.50. The van der Waals surface area contributed by atoms with E-state index < -0.39 is 0 Å². The Bertz CT molecular complexity index is 630. The molecule has 2 heterocycles. The molecule has 1 N–H and O–H groups in total. The van der Waals surface area contributed by atoms with E-state index in [0.717, 1.165) is 26.1 Å². The first kappa shape index (κ1) is 17.4. The fourth-order valence-corrected chi connectivity index (χ4v) is 2.72. The molecular formula is C17H21ClN2O3. The van der Waals surface area contributed by atoms with Gasteiger partial charge in [-0.05, 0) is 44.1 Å². The molecule has 23 heavy (non-hydrogen) atoms. The lowest BCUT2D eigenvalue weighted by Gasteiger charge is -2.14. The number of nitrogens with one attached hydrogen (secondary N) is 1. The number of likely N-dealkylation sites (tertiary alicyclic amines) is 1. The van der Waals surface area contributed by atoms with Crippen LogP contribution in [0.25, 0.3) is 0 Å². The Morgan fingerprint density at radius 1 is 1.30 bits per heavy atom. The number of halogens is 1. The monoisotopic (exact) mass is 336 g/mol. The van der Waals surface area contributed by atoms with Crippen molar-refractivity contribution >= 4 is 18.3 Å². The second kappa shape index (κ2) is 8.04. The molecule has 1 fully saturated rings. The number of para-hydroxylation sites is 1. The van der Waals surface area contributed by atoms with E-state index in [4.69, 9.17) is 9.15 Å². The van der Waals surface area contributed by atoms with Gasteiger partial charge in [0.2, 0.25) is 0 Å². The van der Waals surface area contributed by atoms with Crippen molar-refractivity contribution in [2.24, 2.45) is 5.92 Å². The van der Waals surface area contributed by atoms with Gasteiger partial charge in [0.05, 0.1) is 0 Å². The lowest BCUT2D eigenvalue weighted by molar-refractivity contribution is 0.0750. The molecule has 0 bridgehead atoms. The number of hydrogen-bond acceptors (Lipinski definition) is 4. The molecule has 0 spiro atoms. The average molecular weight is 337 g/mol. The van der Waals surface area contributed by atoms with Crippen molar-refractivity contribution in [1.82, 2.24) is 10.2 Å². The standard InChI is InChI=1S/C17H20N2O3.ClH/c1-18-11-13-9-10-19(12-13)17(20)15-7-8-16(22-15)21-14-5-3-2-4-6-14;/h2-8,13,18H,9-12H2,1H3;1H. The molecule has 1 amide bonds. The van der Waals surface area contributed by atoms with Crippen LogP contribution >= 0.6 is 12.4 Å². The van der Waals surface area contributed by atoms with Gasteiger partial charge < -0.3 is 19.4 Å². The van der Waals surface area contributed by atoms with Gasteiger partial charge in [-0.25, -0.2) is 0 Å². The van der Waals surface area contributed by atoms with Gasteiger partial charge in [-0.1, -0.05) is 18.2 Å². The first-order valence-electron chi connectivity index (χ1n) is 7.53. The summed E-state index contributed by atoms with van der Waals surface area (Å²) in [5.41, 5.74) is 0. The Balaban J connectivity index is 0.00000192. The van der Waals surface area contributed by atoms with Crippen molar-refractivity contribution in [3.05, 3.63) is 48.2 Å². The van der Waals surface area contributed by atoms with Gasteiger partial charge in [0.25, 0.3) is 11.9 Å². The lowest BCUT2D eigenvalue weighted by Crippen LogP contribution is -2.30. The molecule has 0 radical (unpaired) electrons. The molecule has 2 aromatic rings. The minimum absolute atomic E-state index is 0. The largest absolute Gasteiger partial charge is 0.426 e. The number of carbonyl (C=O) groups is 1. The fourth-order valence-electron chi connectivity index (χ4n) is 2.72. The summed E-state index contributed by atoms with van der Waals surface area (Å²) in [6, 6.07) is 12.7. The first-order chi connectivity index (χ1) is 10.8. The van der Waals surface area contributed by atoms with E-state index in [1.54, 1.807) is 12.1 Å². The van der Waals surface area contributed by atoms with E-state index in [-0.39, 0.29) is 18.3 Å². The van der Waals surface area contributed by atoms with Crippen LogP contribution in [0.2, 0.25) is 0 Å². The first-order valence-corrected chi connectivity index (χ1v) is 7.53. The summed E-state index contributed by atoms with van der Waals surface area (Å²) in [5.74, 6) is 1.80. The molecule has 1 aromatic carbocycles. The van der Waals surface area contributed by atoms with Gasteiger partial charge in [0.1, 0.15) is 5.75 Å². The molecule has 1 saturated heterocycles. The number of amides is 1. The van der Waals surface area contributed by atoms with E-state index in [0.29, 0.717) is 23.4 Å². The van der Waals surface area contributed by atoms with E-state index in [1.807, 2.05) is 42.3 Å². The molecule has 5 nitrogen and oxygen atoms in total. The summed E-state index contributed by atoms with van der Waals surface area (Å²) in [6.07, 6.45) is 1.03. The Morgan fingerprint density at radius 2 is 2.09 bits per heavy atom. The van der Waals surface area contributed by atoms with E-state index >= 15 is 0 Å². The highest BCUT2D eigenvalue weighted by atomic mass is 35.5. The zero-order valence-corrected chi connectivity index (χ0v) is 13.8. The van der Waals surface area contributed by atoms with Crippen LogP contribution in [-0.4, -0.2) is 37.5 Å². The normalized spacial score (nSPS) is 16.9. The van der Waals surface area contributed by atoms with Crippen LogP contribution < -0.4 is 10.1 Å². The van der Waals surface area contributed by atoms with E-state index in [9.17, 15) is 4.79 Å². The third kappa shape index (κ3) is 4.27. The number of benzene rings is 1. The highest BCUT2D eigenvalue weighted by Gasteiger charge is 2.28. The van der Waals surface area contributed by atoms with Crippen LogP contribution in [-0.2, 0) is 0 Å². The Morgan fingerprint density at radius 3 is 2.83 bits per heavy atom. The van der Waals surface area contributed by atoms with Crippen molar-refractivity contribution in [3.8, 4) is 11.7 Å². The summed E-state index contributed by atoms with van der Waals surface area (Å²) in [7, 11) is 1.93. The number of ether oxygens (including phenoxy) is 1. The smallest absolute Gasteiger partial charge is 0.290 e. The van der Waals surface area contributed by atoms with Crippen LogP contribution in [0.15, 0.2) is 46.9 Å². The number of carbonyl (C=O) groups excluding carboxylic acids is 1. The summed E-state index contributed by atoms with van der Waals surface area (Å²) in [4.78, 5) is 14.3. The third-order valence-electron chi connectivity index (χ3n) is 3.82. The predicted molar refractivity (Wildman–Crippen MR) is 90.4 cm³/mol. The molecular weight excluding hydrogens is 316 g/mol. The molecule has 1 unspecified atom stereocenters. The maximum atomic E-state index is 12.4. The fraction of sp³-hybridized carbons (Fsp3) is 0.353. The molecule has 124 valence electrons. The predicted octanol–water partition coefficient (Wildman–Crippen LogP) is 3.18. The number of furan rings is 1. The maximum absolute atomic E-state index is 12.4. The lowest BCUT2D eigenvalue weighted by atomic mass is 10.1.